The number of sulfone groups is 2. The highest BCUT2D eigenvalue weighted by molar-refractivity contribution is 7.91. The van der Waals surface area contributed by atoms with Crippen LogP contribution in [0, 0.1) is 23.4 Å². The maximum absolute atomic E-state index is 13.8. The van der Waals surface area contributed by atoms with Crippen LogP contribution in [0.2, 0.25) is 0 Å². The molecule has 0 saturated carbocycles. The number of ether oxygens (including phenoxy) is 2. The first kappa shape index (κ1) is 34.8. The second-order valence-electron chi connectivity index (χ2n) is 10.8. The predicted molar refractivity (Wildman–Crippen MR) is 190 cm³/mol. The lowest BCUT2D eigenvalue weighted by Gasteiger charge is -2.19. The van der Waals surface area contributed by atoms with Gasteiger partial charge in [-0.15, -0.1) is 0 Å². The van der Waals surface area contributed by atoms with E-state index in [0.717, 1.165) is 11.1 Å². The summed E-state index contributed by atoms with van der Waals surface area (Å²) in [7, 11) is -4.80. The van der Waals surface area contributed by atoms with E-state index in [0.29, 0.717) is 22.6 Å². The van der Waals surface area contributed by atoms with Crippen LogP contribution in [0.25, 0.3) is 11.4 Å². The second-order valence-corrected chi connectivity index (χ2v) is 15.5. The van der Waals surface area contributed by atoms with Crippen molar-refractivity contribution in [2.45, 2.75) is 29.5 Å². The first-order valence-corrected chi connectivity index (χ1v) is 18.6. The minimum Gasteiger partial charge on any atom is -0.497 e. The third-order valence-electron chi connectivity index (χ3n) is 7.42. The topological polar surface area (TPSA) is 122 Å². The van der Waals surface area contributed by atoms with E-state index in [1.807, 2.05) is 13.8 Å². The summed E-state index contributed by atoms with van der Waals surface area (Å²) in [5, 5.41) is 0. The average molecular weight is 721 g/mol. The number of aromatic nitrogens is 3. The predicted octanol–water partition coefficient (Wildman–Crippen LogP) is 6.60. The minimum atomic E-state index is -3.97. The summed E-state index contributed by atoms with van der Waals surface area (Å²) in [5.74, 6) is 0.176. The molecule has 1 aromatic heterocycles. The monoisotopic (exact) mass is 720 g/mol. The highest BCUT2D eigenvalue weighted by Crippen LogP contribution is 2.25. The van der Waals surface area contributed by atoms with Gasteiger partial charge in [0, 0.05) is 11.1 Å². The van der Waals surface area contributed by atoms with E-state index in [1.165, 1.54) is 47.6 Å². The molecular weight excluding hydrogens is 689 g/mol. The molecule has 0 amide bonds. The van der Waals surface area contributed by atoms with Crippen molar-refractivity contribution in [2.75, 3.05) is 20.1 Å². The molecule has 0 aliphatic heterocycles. The Morgan fingerprint density at radius 1 is 0.708 bits per heavy atom. The van der Waals surface area contributed by atoms with E-state index in [4.69, 9.17) is 33.9 Å². The molecule has 0 aliphatic rings. The average Bonchev–Trinajstić information content (AvgIpc) is 3.08. The SMILES string of the molecule is COc1ccc(/C(=N/CS(=O)(=O)c2ccc(C)cc2)n2c(=S)nc(-c3ccc(OC)cc3)n(CS(=O)(=O)c3ccc(C)cc3)c2=S)cc1. The molecular formula is C34H32N4O6S4. The van der Waals surface area contributed by atoms with Gasteiger partial charge >= 0.3 is 0 Å². The first-order chi connectivity index (χ1) is 22.8. The maximum Gasteiger partial charge on any atom is 0.209 e. The van der Waals surface area contributed by atoms with Crippen LogP contribution in [0.3, 0.4) is 0 Å². The van der Waals surface area contributed by atoms with E-state index < -0.39 is 31.4 Å². The number of hydrogen-bond acceptors (Lipinski definition) is 10. The van der Waals surface area contributed by atoms with Crippen molar-refractivity contribution in [1.82, 2.24) is 14.1 Å². The standard InChI is InChI=1S/C34H32N4O6S4/c1-23-5-17-29(18-6-23)47(39,40)21-35-31(25-9-13-27(43-3)14-10-25)38-33(45)36-32(26-11-15-28(44-4)16-12-26)37(34(38)46)22-48(41,42)30-19-7-24(2)8-20-30/h5-20H,21-22H2,1-4H3/b35-31-. The first-order valence-electron chi connectivity index (χ1n) is 14.5. The van der Waals surface area contributed by atoms with Crippen molar-refractivity contribution in [2.24, 2.45) is 4.99 Å². The maximum atomic E-state index is 13.8. The second kappa shape index (κ2) is 14.3. The number of aryl methyl sites for hydroxylation is 2. The normalized spacial score (nSPS) is 12.1. The molecule has 0 bridgehead atoms. The molecule has 48 heavy (non-hydrogen) atoms. The number of aliphatic imine (C=N–C) groups is 1. The fourth-order valence-corrected chi connectivity index (χ4v) is 7.74. The molecule has 5 rings (SSSR count). The molecule has 0 saturated heterocycles. The van der Waals surface area contributed by atoms with Gasteiger partial charge in [0.2, 0.25) is 4.77 Å². The molecule has 5 aromatic rings. The van der Waals surface area contributed by atoms with Crippen LogP contribution in [0.5, 0.6) is 11.5 Å². The molecule has 10 nitrogen and oxygen atoms in total. The number of hydrogen-bond donors (Lipinski definition) is 0. The molecule has 0 spiro atoms. The summed E-state index contributed by atoms with van der Waals surface area (Å²) in [6.07, 6.45) is 0. The van der Waals surface area contributed by atoms with Crippen molar-refractivity contribution >= 4 is 49.9 Å². The van der Waals surface area contributed by atoms with Gasteiger partial charge in [0.1, 0.15) is 34.9 Å². The van der Waals surface area contributed by atoms with Crippen molar-refractivity contribution in [3.8, 4) is 22.9 Å². The fraction of sp³-hybridized carbons (Fsp3) is 0.176. The van der Waals surface area contributed by atoms with Crippen molar-refractivity contribution in [1.29, 1.82) is 0 Å². The van der Waals surface area contributed by atoms with E-state index in [-0.39, 0.29) is 31.0 Å². The molecule has 0 unspecified atom stereocenters. The highest BCUT2D eigenvalue weighted by Gasteiger charge is 2.23. The van der Waals surface area contributed by atoms with Crippen LogP contribution in [0.4, 0.5) is 0 Å². The zero-order valence-electron chi connectivity index (χ0n) is 26.5. The Morgan fingerprint density at radius 3 is 1.69 bits per heavy atom. The van der Waals surface area contributed by atoms with Crippen LogP contribution in [-0.2, 0) is 25.6 Å². The fourth-order valence-electron chi connectivity index (χ4n) is 4.74. The third kappa shape index (κ3) is 7.62. The van der Waals surface area contributed by atoms with Gasteiger partial charge in [-0.25, -0.2) is 26.4 Å². The minimum absolute atomic E-state index is 0.0567. The lowest BCUT2D eigenvalue weighted by molar-refractivity contribution is 0.414. The summed E-state index contributed by atoms with van der Waals surface area (Å²) in [4.78, 5) is 9.39. The molecule has 1 heterocycles. The largest absolute Gasteiger partial charge is 0.497 e. The summed E-state index contributed by atoms with van der Waals surface area (Å²) in [6, 6.07) is 26.5. The van der Waals surface area contributed by atoms with E-state index in [2.05, 4.69) is 9.98 Å². The lowest BCUT2D eigenvalue weighted by Crippen LogP contribution is -2.25. The Hall–Kier alpha value is -4.50. The van der Waals surface area contributed by atoms with Crippen molar-refractivity contribution in [3.05, 3.63) is 123 Å². The van der Waals surface area contributed by atoms with Crippen LogP contribution in [-0.4, -0.2) is 56.9 Å². The van der Waals surface area contributed by atoms with Crippen LogP contribution in [0.1, 0.15) is 16.7 Å². The zero-order chi connectivity index (χ0) is 34.6. The summed E-state index contributed by atoms with van der Waals surface area (Å²) in [6.45, 7) is 3.72. The Kier molecular flexibility index (Phi) is 10.4. The molecule has 248 valence electrons. The van der Waals surface area contributed by atoms with Crippen LogP contribution < -0.4 is 9.47 Å². The summed E-state index contributed by atoms with van der Waals surface area (Å²) >= 11 is 11.7. The molecule has 0 N–H and O–H groups in total. The van der Waals surface area contributed by atoms with Gasteiger partial charge in [-0.1, -0.05) is 35.4 Å². The molecule has 14 heteroatoms. The van der Waals surface area contributed by atoms with E-state index >= 15 is 0 Å². The van der Waals surface area contributed by atoms with Gasteiger partial charge in [0.25, 0.3) is 0 Å². The Labute approximate surface area is 289 Å². The molecule has 0 atom stereocenters. The van der Waals surface area contributed by atoms with E-state index in [1.54, 1.807) is 72.8 Å². The molecule has 0 fully saturated rings. The lowest BCUT2D eigenvalue weighted by atomic mass is 10.2. The Balaban J connectivity index is 1.74. The Bertz CT molecular complexity index is 2310. The van der Waals surface area contributed by atoms with Gasteiger partial charge in [-0.3, -0.25) is 9.56 Å². The van der Waals surface area contributed by atoms with Crippen molar-refractivity contribution in [3.63, 3.8) is 0 Å². The van der Waals surface area contributed by atoms with Crippen molar-refractivity contribution < 1.29 is 26.3 Å². The zero-order valence-corrected chi connectivity index (χ0v) is 29.8. The van der Waals surface area contributed by atoms with Crippen LogP contribution in [0.15, 0.2) is 112 Å². The summed E-state index contributed by atoms with van der Waals surface area (Å²) in [5.41, 5.74) is 2.79. The van der Waals surface area contributed by atoms with Gasteiger partial charge in [0.05, 0.1) is 24.0 Å². The van der Waals surface area contributed by atoms with Gasteiger partial charge in [-0.05, 0) is 111 Å². The molecule has 0 aliphatic carbocycles. The number of benzene rings is 4. The third-order valence-corrected chi connectivity index (χ3v) is 11.1. The summed E-state index contributed by atoms with van der Waals surface area (Å²) < 4.78 is 67.6. The Morgan fingerprint density at radius 2 is 1.19 bits per heavy atom. The number of methoxy groups -OCH3 is 2. The van der Waals surface area contributed by atoms with Gasteiger partial charge in [0.15, 0.2) is 24.4 Å². The number of rotatable bonds is 10. The quantitative estimate of drug-likeness (QED) is 0.0892. The van der Waals surface area contributed by atoms with E-state index in [9.17, 15) is 16.8 Å². The highest BCUT2D eigenvalue weighted by atomic mass is 32.2. The van der Waals surface area contributed by atoms with Crippen LogP contribution >= 0.6 is 24.4 Å². The molecule has 0 radical (unpaired) electrons. The molecule has 4 aromatic carbocycles. The smallest absolute Gasteiger partial charge is 0.209 e. The van der Waals surface area contributed by atoms with Gasteiger partial charge in [-0.2, -0.15) is 0 Å². The number of nitrogens with zero attached hydrogens (tertiary/aromatic N) is 4. The van der Waals surface area contributed by atoms with Gasteiger partial charge < -0.3 is 9.47 Å².